The monoisotopic (exact) mass is 402 g/mol. The third-order valence-electron chi connectivity index (χ3n) is 3.95. The number of aromatic nitrogens is 1. The molecule has 0 atom stereocenters. The summed E-state index contributed by atoms with van der Waals surface area (Å²) in [6.07, 6.45) is 0. The molecule has 0 fully saturated rings. The molecule has 0 aliphatic heterocycles. The highest BCUT2D eigenvalue weighted by Crippen LogP contribution is 2.27. The number of carbonyl (C=O) groups is 1. The first kappa shape index (κ1) is 19.1. The molecule has 1 aromatic heterocycles. The van der Waals surface area contributed by atoms with Crippen molar-refractivity contribution >= 4 is 33.0 Å². The van der Waals surface area contributed by atoms with E-state index in [4.69, 9.17) is 0 Å². The Morgan fingerprint density at radius 3 is 2.41 bits per heavy atom. The molecular weight excluding hydrogens is 384 g/mol. The van der Waals surface area contributed by atoms with Gasteiger partial charge in [0.05, 0.1) is 28.3 Å². The van der Waals surface area contributed by atoms with E-state index in [-0.39, 0.29) is 4.90 Å². The Morgan fingerprint density at radius 2 is 1.81 bits per heavy atom. The first-order valence-electron chi connectivity index (χ1n) is 8.04. The maximum absolute atomic E-state index is 12.9. The molecule has 27 heavy (non-hydrogen) atoms. The van der Waals surface area contributed by atoms with Crippen LogP contribution in [0.15, 0.2) is 52.7 Å². The lowest BCUT2D eigenvalue weighted by atomic mass is 10.1. The van der Waals surface area contributed by atoms with Gasteiger partial charge in [-0.05, 0) is 49.7 Å². The van der Waals surface area contributed by atoms with E-state index >= 15 is 0 Å². The molecule has 0 amide bonds. The fourth-order valence-electron chi connectivity index (χ4n) is 2.55. The number of ether oxygens (including phenoxy) is 1. The minimum atomic E-state index is -3.80. The Balaban J connectivity index is 1.91. The second kappa shape index (κ2) is 7.50. The molecule has 0 saturated heterocycles. The van der Waals surface area contributed by atoms with Crippen molar-refractivity contribution in [2.75, 3.05) is 11.8 Å². The van der Waals surface area contributed by atoms with Gasteiger partial charge in [-0.1, -0.05) is 12.1 Å². The maximum atomic E-state index is 12.9. The minimum Gasteiger partial charge on any atom is -0.465 e. The molecule has 6 nitrogen and oxygen atoms in total. The normalized spacial score (nSPS) is 11.2. The van der Waals surface area contributed by atoms with Gasteiger partial charge in [0.2, 0.25) is 0 Å². The summed E-state index contributed by atoms with van der Waals surface area (Å²) in [5, 5.41) is 2.81. The smallest absolute Gasteiger partial charge is 0.337 e. The molecule has 0 spiro atoms. The summed E-state index contributed by atoms with van der Waals surface area (Å²) in [7, 11) is -2.51. The molecule has 3 rings (SSSR count). The SMILES string of the molecule is COC(=O)c1ccc(NS(=O)(=O)c2cc(-c3csc(C)n3)ccc2C)cc1. The summed E-state index contributed by atoms with van der Waals surface area (Å²) in [6.45, 7) is 3.64. The number of sulfonamides is 1. The average molecular weight is 402 g/mol. The van der Waals surface area contributed by atoms with Crippen LogP contribution in [0, 0.1) is 13.8 Å². The Hall–Kier alpha value is -2.71. The average Bonchev–Trinajstić information content (AvgIpc) is 3.08. The quantitative estimate of drug-likeness (QED) is 0.652. The van der Waals surface area contributed by atoms with Gasteiger partial charge in [-0.2, -0.15) is 0 Å². The number of carbonyl (C=O) groups excluding carboxylic acids is 1. The topological polar surface area (TPSA) is 85.4 Å². The van der Waals surface area contributed by atoms with Crippen molar-refractivity contribution < 1.29 is 17.9 Å². The summed E-state index contributed by atoms with van der Waals surface area (Å²) in [5.74, 6) is -0.480. The second-order valence-corrected chi connectivity index (χ2v) is 8.62. The number of anilines is 1. The molecular formula is C19H18N2O4S2. The summed E-state index contributed by atoms with van der Waals surface area (Å²) in [5.41, 5.74) is 2.82. The van der Waals surface area contributed by atoms with Crippen LogP contribution in [0.4, 0.5) is 5.69 Å². The predicted octanol–water partition coefficient (Wildman–Crippen LogP) is 4.01. The van der Waals surface area contributed by atoms with Crippen molar-refractivity contribution in [3.8, 4) is 11.3 Å². The Bertz CT molecular complexity index is 1090. The van der Waals surface area contributed by atoms with Crippen LogP contribution >= 0.6 is 11.3 Å². The molecule has 0 unspecified atom stereocenters. The van der Waals surface area contributed by atoms with Crippen LogP contribution in [0.1, 0.15) is 20.9 Å². The summed E-state index contributed by atoms with van der Waals surface area (Å²) in [6, 6.07) is 11.3. The van der Waals surface area contributed by atoms with Crippen molar-refractivity contribution in [1.82, 2.24) is 4.98 Å². The van der Waals surface area contributed by atoms with Gasteiger partial charge in [0.25, 0.3) is 10.0 Å². The fraction of sp³-hybridized carbons (Fsp3) is 0.158. The first-order valence-corrected chi connectivity index (χ1v) is 10.4. The van der Waals surface area contributed by atoms with Crippen molar-refractivity contribution in [1.29, 1.82) is 0 Å². The number of nitrogens with zero attached hydrogens (tertiary/aromatic N) is 1. The lowest BCUT2D eigenvalue weighted by Crippen LogP contribution is -2.14. The van der Waals surface area contributed by atoms with E-state index in [0.717, 1.165) is 16.3 Å². The van der Waals surface area contributed by atoms with Gasteiger partial charge < -0.3 is 4.74 Å². The molecule has 0 aliphatic rings. The molecule has 0 bridgehead atoms. The van der Waals surface area contributed by atoms with E-state index in [9.17, 15) is 13.2 Å². The van der Waals surface area contributed by atoms with Crippen LogP contribution in [-0.2, 0) is 14.8 Å². The fourth-order valence-corrected chi connectivity index (χ4v) is 4.50. The Labute approximate surface area is 161 Å². The number of methoxy groups -OCH3 is 1. The minimum absolute atomic E-state index is 0.183. The van der Waals surface area contributed by atoms with Crippen molar-refractivity contribution in [3.05, 3.63) is 64.0 Å². The number of esters is 1. The second-order valence-electron chi connectivity index (χ2n) is 5.91. The van der Waals surface area contributed by atoms with Gasteiger partial charge in [0, 0.05) is 16.6 Å². The van der Waals surface area contributed by atoms with Gasteiger partial charge in [-0.25, -0.2) is 18.2 Å². The highest BCUT2D eigenvalue weighted by Gasteiger charge is 2.19. The van der Waals surface area contributed by atoms with Crippen molar-refractivity contribution in [2.24, 2.45) is 0 Å². The van der Waals surface area contributed by atoms with Crippen LogP contribution in [0.3, 0.4) is 0 Å². The first-order chi connectivity index (χ1) is 12.8. The lowest BCUT2D eigenvalue weighted by Gasteiger charge is -2.12. The lowest BCUT2D eigenvalue weighted by molar-refractivity contribution is 0.0601. The molecule has 2 aromatic carbocycles. The number of hydrogen-bond donors (Lipinski definition) is 1. The molecule has 0 radical (unpaired) electrons. The number of benzene rings is 2. The van der Waals surface area contributed by atoms with Crippen LogP contribution in [0.5, 0.6) is 0 Å². The van der Waals surface area contributed by atoms with E-state index < -0.39 is 16.0 Å². The van der Waals surface area contributed by atoms with Crippen molar-refractivity contribution in [3.63, 3.8) is 0 Å². The van der Waals surface area contributed by atoms with Crippen LogP contribution in [0.2, 0.25) is 0 Å². The summed E-state index contributed by atoms with van der Waals surface area (Å²) < 4.78 is 32.9. The van der Waals surface area contributed by atoms with Crippen molar-refractivity contribution in [2.45, 2.75) is 18.7 Å². The maximum Gasteiger partial charge on any atom is 0.337 e. The Kier molecular flexibility index (Phi) is 5.29. The summed E-state index contributed by atoms with van der Waals surface area (Å²) >= 11 is 1.51. The number of nitrogens with one attached hydrogen (secondary N) is 1. The highest BCUT2D eigenvalue weighted by molar-refractivity contribution is 7.92. The van der Waals surface area contributed by atoms with E-state index in [1.54, 1.807) is 19.1 Å². The third-order valence-corrected chi connectivity index (χ3v) is 6.25. The molecule has 3 aromatic rings. The zero-order valence-corrected chi connectivity index (χ0v) is 16.6. The van der Waals surface area contributed by atoms with Crippen LogP contribution in [0.25, 0.3) is 11.3 Å². The number of thiazole rings is 1. The molecule has 140 valence electrons. The van der Waals surface area contributed by atoms with Gasteiger partial charge >= 0.3 is 5.97 Å². The molecule has 0 saturated carbocycles. The van der Waals surface area contributed by atoms with E-state index in [2.05, 4.69) is 14.4 Å². The van der Waals surface area contributed by atoms with E-state index in [1.165, 1.54) is 42.7 Å². The summed E-state index contributed by atoms with van der Waals surface area (Å²) in [4.78, 5) is 16.1. The van der Waals surface area contributed by atoms with Gasteiger partial charge in [-0.15, -0.1) is 11.3 Å². The number of hydrogen-bond acceptors (Lipinski definition) is 6. The largest absolute Gasteiger partial charge is 0.465 e. The molecule has 1 N–H and O–H groups in total. The molecule has 8 heteroatoms. The standard InChI is InChI=1S/C19H18N2O4S2/c1-12-4-5-15(17-11-26-13(2)20-17)10-18(12)27(23,24)21-16-8-6-14(7-9-16)19(22)25-3/h4-11,21H,1-3H3. The zero-order valence-electron chi connectivity index (χ0n) is 15.0. The zero-order chi connectivity index (χ0) is 19.6. The number of aryl methyl sites for hydroxylation is 2. The van der Waals surface area contributed by atoms with E-state index in [0.29, 0.717) is 16.8 Å². The van der Waals surface area contributed by atoms with Gasteiger partial charge in [-0.3, -0.25) is 4.72 Å². The van der Waals surface area contributed by atoms with Gasteiger partial charge in [0.15, 0.2) is 0 Å². The number of rotatable bonds is 5. The molecule has 0 aliphatic carbocycles. The molecule has 1 heterocycles. The Morgan fingerprint density at radius 1 is 1.11 bits per heavy atom. The van der Waals surface area contributed by atoms with Crippen LogP contribution < -0.4 is 4.72 Å². The van der Waals surface area contributed by atoms with Crippen LogP contribution in [-0.4, -0.2) is 26.5 Å². The predicted molar refractivity (Wildman–Crippen MR) is 106 cm³/mol. The van der Waals surface area contributed by atoms with E-state index in [1.807, 2.05) is 18.4 Å². The highest BCUT2D eigenvalue weighted by atomic mass is 32.2. The third kappa shape index (κ3) is 4.17. The van der Waals surface area contributed by atoms with Gasteiger partial charge in [0.1, 0.15) is 0 Å².